The van der Waals surface area contributed by atoms with Crippen LogP contribution in [0.15, 0.2) is 30.3 Å². The van der Waals surface area contributed by atoms with Crippen LogP contribution in [0.3, 0.4) is 0 Å². The van der Waals surface area contributed by atoms with Gasteiger partial charge < -0.3 is 9.80 Å². The van der Waals surface area contributed by atoms with E-state index >= 15 is 0 Å². The molecule has 0 saturated carbocycles. The molecule has 32 heavy (non-hydrogen) atoms. The van der Waals surface area contributed by atoms with E-state index in [0.717, 1.165) is 39.0 Å². The molecule has 0 bridgehead atoms. The molecule has 2 rings (SSSR count). The number of hydrogen-bond donors (Lipinski definition) is 0. The molecule has 0 aromatic heterocycles. The van der Waals surface area contributed by atoms with Crippen molar-refractivity contribution in [1.29, 1.82) is 0 Å². The van der Waals surface area contributed by atoms with Gasteiger partial charge in [0.05, 0.1) is 0 Å². The molecule has 0 aliphatic carbocycles. The molecule has 1 unspecified atom stereocenters. The monoisotopic (exact) mass is 442 g/mol. The number of carbonyl (C=O) groups excluding carboxylic acids is 1. The zero-order valence-corrected chi connectivity index (χ0v) is 21.6. The number of unbranched alkanes of at least 4 members (excludes halogenated alkanes) is 9. The second-order valence-electron chi connectivity index (χ2n) is 10.7. The summed E-state index contributed by atoms with van der Waals surface area (Å²) in [7, 11) is 2.20. The van der Waals surface area contributed by atoms with E-state index in [4.69, 9.17) is 0 Å². The fourth-order valence-electron chi connectivity index (χ4n) is 5.22. The Hall–Kier alpha value is -1.35. The van der Waals surface area contributed by atoms with Gasteiger partial charge in [0, 0.05) is 25.0 Å². The summed E-state index contributed by atoms with van der Waals surface area (Å²) in [5, 5.41) is 0. The van der Waals surface area contributed by atoms with Gasteiger partial charge in [-0.1, -0.05) is 109 Å². The highest BCUT2D eigenvalue weighted by molar-refractivity contribution is 5.83. The molecule has 0 spiro atoms. The quantitative estimate of drug-likeness (QED) is 0.251. The van der Waals surface area contributed by atoms with Crippen molar-refractivity contribution in [3.63, 3.8) is 0 Å². The lowest BCUT2D eigenvalue weighted by molar-refractivity contribution is -0.149. The maximum absolute atomic E-state index is 13.2. The Morgan fingerprint density at radius 2 is 1.53 bits per heavy atom. The molecule has 182 valence electrons. The van der Waals surface area contributed by atoms with Crippen molar-refractivity contribution in [1.82, 2.24) is 9.80 Å². The summed E-state index contributed by atoms with van der Waals surface area (Å²) < 4.78 is 0. The normalized spacial score (nSPS) is 18.5. The van der Waals surface area contributed by atoms with E-state index in [-0.39, 0.29) is 5.41 Å². The van der Waals surface area contributed by atoms with Crippen LogP contribution in [-0.2, 0) is 11.3 Å². The Morgan fingerprint density at radius 1 is 0.938 bits per heavy atom. The molecule has 1 fully saturated rings. The third-order valence-corrected chi connectivity index (χ3v) is 7.54. The molecular weight excluding hydrogens is 392 g/mol. The van der Waals surface area contributed by atoms with Crippen molar-refractivity contribution in [2.75, 3.05) is 26.7 Å². The molecule has 1 aromatic carbocycles. The van der Waals surface area contributed by atoms with Crippen molar-refractivity contribution in [3.05, 3.63) is 35.9 Å². The zero-order valence-electron chi connectivity index (χ0n) is 21.6. The standard InChI is InChI=1S/C29H50N2O/c1-5-6-7-8-9-10-11-12-13-17-22-31-24-21-27(29(2,3)28(31)32)20-23-30(4)25-26-18-15-14-16-19-26/h14-16,18-19,27H,5-13,17,20-25H2,1-4H3. The highest BCUT2D eigenvalue weighted by Gasteiger charge is 2.42. The van der Waals surface area contributed by atoms with Gasteiger partial charge in [0.15, 0.2) is 0 Å². The highest BCUT2D eigenvalue weighted by Crippen LogP contribution is 2.38. The molecule has 1 aliphatic rings. The van der Waals surface area contributed by atoms with Crippen LogP contribution in [0, 0.1) is 11.3 Å². The Bertz CT molecular complexity index is 627. The van der Waals surface area contributed by atoms with E-state index in [2.05, 4.69) is 68.0 Å². The molecule has 3 heteroatoms. The van der Waals surface area contributed by atoms with Crippen LogP contribution in [0.5, 0.6) is 0 Å². The molecule has 1 atom stereocenters. The van der Waals surface area contributed by atoms with Crippen molar-refractivity contribution in [2.45, 2.75) is 104 Å². The number of carbonyl (C=O) groups is 1. The first kappa shape index (κ1) is 26.9. The number of likely N-dealkylation sites (tertiary alicyclic amines) is 1. The van der Waals surface area contributed by atoms with E-state index in [1.54, 1.807) is 0 Å². The Balaban J connectivity index is 1.62. The Kier molecular flexibility index (Phi) is 12.4. The molecular formula is C29H50N2O. The van der Waals surface area contributed by atoms with Crippen LogP contribution >= 0.6 is 0 Å². The predicted octanol–water partition coefficient (Wildman–Crippen LogP) is 7.30. The summed E-state index contributed by atoms with van der Waals surface area (Å²) in [5.74, 6) is 0.868. The highest BCUT2D eigenvalue weighted by atomic mass is 16.2. The molecule has 1 amide bonds. The molecule has 1 aromatic rings. The molecule has 0 radical (unpaired) electrons. The fourth-order valence-corrected chi connectivity index (χ4v) is 5.22. The van der Waals surface area contributed by atoms with Gasteiger partial charge in [-0.2, -0.15) is 0 Å². The van der Waals surface area contributed by atoms with Crippen molar-refractivity contribution in [3.8, 4) is 0 Å². The van der Waals surface area contributed by atoms with E-state index in [1.165, 1.54) is 69.8 Å². The van der Waals surface area contributed by atoms with Crippen LogP contribution in [0.1, 0.15) is 103 Å². The molecule has 1 saturated heterocycles. The average Bonchev–Trinajstić information content (AvgIpc) is 2.78. The van der Waals surface area contributed by atoms with Gasteiger partial charge in [-0.05, 0) is 44.3 Å². The van der Waals surface area contributed by atoms with Gasteiger partial charge >= 0.3 is 0 Å². The third-order valence-electron chi connectivity index (χ3n) is 7.54. The minimum absolute atomic E-state index is 0.232. The number of amides is 1. The maximum Gasteiger partial charge on any atom is 0.228 e. The van der Waals surface area contributed by atoms with Crippen LogP contribution in [0.4, 0.5) is 0 Å². The van der Waals surface area contributed by atoms with Gasteiger partial charge in [-0.3, -0.25) is 4.79 Å². The topological polar surface area (TPSA) is 23.6 Å². The second kappa shape index (κ2) is 14.7. The average molecular weight is 443 g/mol. The summed E-state index contributed by atoms with van der Waals surface area (Å²) in [6, 6.07) is 10.7. The Labute approximate surface area is 199 Å². The maximum atomic E-state index is 13.2. The van der Waals surface area contributed by atoms with Crippen LogP contribution in [0.2, 0.25) is 0 Å². The van der Waals surface area contributed by atoms with Gasteiger partial charge in [0.25, 0.3) is 0 Å². The Morgan fingerprint density at radius 3 is 2.16 bits per heavy atom. The number of hydrogen-bond acceptors (Lipinski definition) is 2. The lowest BCUT2D eigenvalue weighted by Crippen LogP contribution is -2.51. The molecule has 1 aliphatic heterocycles. The van der Waals surface area contributed by atoms with Gasteiger partial charge in [0.1, 0.15) is 0 Å². The zero-order chi connectivity index (χ0) is 23.2. The first-order valence-corrected chi connectivity index (χ1v) is 13.5. The number of nitrogens with zero attached hydrogens (tertiary/aromatic N) is 2. The second-order valence-corrected chi connectivity index (χ2v) is 10.7. The van der Waals surface area contributed by atoms with Crippen LogP contribution < -0.4 is 0 Å². The van der Waals surface area contributed by atoms with Gasteiger partial charge in [-0.25, -0.2) is 0 Å². The summed E-state index contributed by atoms with van der Waals surface area (Å²) in [6.45, 7) is 10.6. The minimum Gasteiger partial charge on any atom is -0.342 e. The lowest BCUT2D eigenvalue weighted by Gasteiger charge is -2.44. The largest absolute Gasteiger partial charge is 0.342 e. The fraction of sp³-hybridized carbons (Fsp3) is 0.759. The minimum atomic E-state index is -0.232. The third kappa shape index (κ3) is 9.25. The van der Waals surface area contributed by atoms with E-state index in [9.17, 15) is 4.79 Å². The smallest absolute Gasteiger partial charge is 0.228 e. The first-order valence-electron chi connectivity index (χ1n) is 13.5. The summed E-state index contributed by atoms with van der Waals surface area (Å²) in [6.07, 6.45) is 15.7. The van der Waals surface area contributed by atoms with Crippen molar-refractivity contribution < 1.29 is 4.79 Å². The number of piperidine rings is 1. The molecule has 0 N–H and O–H groups in total. The summed E-state index contributed by atoms with van der Waals surface area (Å²) in [4.78, 5) is 17.8. The van der Waals surface area contributed by atoms with E-state index in [1.807, 2.05) is 0 Å². The van der Waals surface area contributed by atoms with Gasteiger partial charge in [0.2, 0.25) is 5.91 Å². The van der Waals surface area contributed by atoms with Gasteiger partial charge in [-0.15, -0.1) is 0 Å². The van der Waals surface area contributed by atoms with E-state index < -0.39 is 0 Å². The van der Waals surface area contributed by atoms with E-state index in [0.29, 0.717) is 11.8 Å². The summed E-state index contributed by atoms with van der Waals surface area (Å²) >= 11 is 0. The SMILES string of the molecule is CCCCCCCCCCCCN1CCC(CCN(C)Cc2ccccc2)C(C)(C)C1=O. The predicted molar refractivity (Wildman–Crippen MR) is 138 cm³/mol. The van der Waals surface area contributed by atoms with Crippen LogP contribution in [-0.4, -0.2) is 42.4 Å². The first-order chi connectivity index (χ1) is 15.4. The van der Waals surface area contributed by atoms with Crippen LogP contribution in [0.25, 0.3) is 0 Å². The van der Waals surface area contributed by atoms with Crippen molar-refractivity contribution in [2.24, 2.45) is 11.3 Å². The number of rotatable bonds is 16. The van der Waals surface area contributed by atoms with Crippen molar-refractivity contribution >= 4 is 5.91 Å². The summed E-state index contributed by atoms with van der Waals surface area (Å²) in [5.41, 5.74) is 1.13. The molecule has 3 nitrogen and oxygen atoms in total. The number of benzene rings is 1. The lowest BCUT2D eigenvalue weighted by atomic mass is 9.71. The molecule has 1 heterocycles.